The second-order valence-electron chi connectivity index (χ2n) is 1.69. The van der Waals surface area contributed by atoms with Gasteiger partial charge in [0.2, 0.25) is 0 Å². The first-order valence-electron chi connectivity index (χ1n) is 2.43. The number of hydrogen-bond donors (Lipinski definition) is 1. The fourth-order valence-electron chi connectivity index (χ4n) is 0.512. The molecule has 0 aromatic carbocycles. The highest BCUT2D eigenvalue weighted by molar-refractivity contribution is 6.32. The van der Waals surface area contributed by atoms with Crippen LogP contribution in [-0.2, 0) is 0 Å². The zero-order valence-electron chi connectivity index (χ0n) is 4.59. The molecule has 0 aromatic rings. The molecule has 1 aliphatic heterocycles. The van der Waals surface area contributed by atoms with Crippen molar-refractivity contribution in [2.75, 3.05) is 0 Å². The van der Waals surface area contributed by atoms with Gasteiger partial charge in [-0.05, 0) is 12.2 Å². The Morgan fingerprint density at radius 3 is 2.78 bits per heavy atom. The van der Waals surface area contributed by atoms with Crippen molar-refractivity contribution < 1.29 is 0 Å². The van der Waals surface area contributed by atoms with Crippen molar-refractivity contribution >= 4 is 23.2 Å². The van der Waals surface area contributed by atoms with Gasteiger partial charge in [-0.3, -0.25) is 5.01 Å². The van der Waals surface area contributed by atoms with Gasteiger partial charge in [0.1, 0.15) is 5.50 Å². The zero-order valence-corrected chi connectivity index (χ0v) is 6.10. The van der Waals surface area contributed by atoms with Gasteiger partial charge in [0, 0.05) is 11.2 Å². The smallest absolute Gasteiger partial charge is 0.138 e. The molecule has 0 amide bonds. The van der Waals surface area contributed by atoms with E-state index in [4.69, 9.17) is 29.0 Å². The van der Waals surface area contributed by atoms with Crippen LogP contribution in [0.25, 0.3) is 0 Å². The summed E-state index contributed by atoms with van der Waals surface area (Å²) in [7, 11) is 0. The quantitative estimate of drug-likeness (QED) is 0.333. The molecule has 0 aromatic heterocycles. The Morgan fingerprint density at radius 1 is 1.67 bits per heavy atom. The first-order valence-corrected chi connectivity index (χ1v) is 3.24. The zero-order chi connectivity index (χ0) is 6.85. The molecule has 1 rings (SSSR count). The molecule has 2 N–H and O–H groups in total. The highest BCUT2D eigenvalue weighted by Crippen LogP contribution is 2.15. The fraction of sp³-hybridized carbons (Fsp3) is 0.200. The highest BCUT2D eigenvalue weighted by Gasteiger charge is 2.08. The number of nitrogens with zero attached hydrogens (tertiary/aromatic N) is 1. The third-order valence-electron chi connectivity index (χ3n) is 0.987. The summed E-state index contributed by atoms with van der Waals surface area (Å²) in [6.45, 7) is 0. The average Bonchev–Trinajstić information content (AvgIpc) is 1.80. The molecule has 0 aliphatic carbocycles. The molecule has 4 heteroatoms. The van der Waals surface area contributed by atoms with Crippen molar-refractivity contribution in [2.24, 2.45) is 5.84 Å². The van der Waals surface area contributed by atoms with Crippen molar-refractivity contribution in [1.29, 1.82) is 0 Å². The molecule has 1 heterocycles. The third kappa shape index (κ3) is 1.61. The summed E-state index contributed by atoms with van der Waals surface area (Å²) in [5.74, 6) is 5.35. The number of hydrogen-bond acceptors (Lipinski definition) is 2. The minimum atomic E-state index is -0.317. The minimum Gasteiger partial charge on any atom is -0.296 e. The Balaban J connectivity index is 2.70. The van der Waals surface area contributed by atoms with E-state index in [2.05, 4.69) is 0 Å². The van der Waals surface area contributed by atoms with E-state index in [1.165, 1.54) is 5.01 Å². The standard InChI is InChI=1S/C5H6Cl2N2/c6-4-1-2-9(8)5(7)3-4/h1-3,5H,8H2. The normalized spacial score (nSPS) is 26.3. The number of allylic oxidation sites excluding steroid dienone is 2. The molecule has 50 valence electrons. The van der Waals surface area contributed by atoms with Gasteiger partial charge in [0.05, 0.1) is 0 Å². The van der Waals surface area contributed by atoms with Gasteiger partial charge in [-0.25, -0.2) is 5.84 Å². The lowest BCUT2D eigenvalue weighted by Crippen LogP contribution is -2.32. The monoisotopic (exact) mass is 164 g/mol. The van der Waals surface area contributed by atoms with Crippen LogP contribution < -0.4 is 5.84 Å². The lowest BCUT2D eigenvalue weighted by Gasteiger charge is -2.19. The largest absolute Gasteiger partial charge is 0.296 e. The molecule has 0 saturated heterocycles. The predicted octanol–water partition coefficient (Wildman–Crippen LogP) is 1.38. The SMILES string of the molecule is NN1C=CC(Cl)=CC1Cl. The van der Waals surface area contributed by atoms with E-state index in [0.29, 0.717) is 5.03 Å². The second-order valence-corrected chi connectivity index (χ2v) is 2.57. The molecular weight excluding hydrogens is 159 g/mol. The van der Waals surface area contributed by atoms with Crippen LogP contribution in [-0.4, -0.2) is 10.5 Å². The van der Waals surface area contributed by atoms with Crippen LogP contribution in [0.5, 0.6) is 0 Å². The van der Waals surface area contributed by atoms with E-state index in [0.717, 1.165) is 0 Å². The number of alkyl halides is 1. The van der Waals surface area contributed by atoms with Crippen LogP contribution in [0, 0.1) is 0 Å². The molecule has 0 bridgehead atoms. The first kappa shape index (κ1) is 6.93. The molecule has 0 radical (unpaired) electrons. The van der Waals surface area contributed by atoms with Gasteiger partial charge in [0.25, 0.3) is 0 Å². The van der Waals surface area contributed by atoms with E-state index < -0.39 is 0 Å². The average molecular weight is 165 g/mol. The van der Waals surface area contributed by atoms with Crippen LogP contribution in [0.2, 0.25) is 0 Å². The Labute approximate surface area is 63.5 Å². The highest BCUT2D eigenvalue weighted by atomic mass is 35.5. The topological polar surface area (TPSA) is 29.3 Å². The van der Waals surface area contributed by atoms with Crippen LogP contribution in [0.3, 0.4) is 0 Å². The van der Waals surface area contributed by atoms with E-state index in [1.54, 1.807) is 18.4 Å². The van der Waals surface area contributed by atoms with Crippen molar-refractivity contribution in [3.8, 4) is 0 Å². The van der Waals surface area contributed by atoms with Gasteiger partial charge in [-0.15, -0.1) is 0 Å². The van der Waals surface area contributed by atoms with Gasteiger partial charge in [-0.1, -0.05) is 23.2 Å². The molecule has 9 heavy (non-hydrogen) atoms. The summed E-state index contributed by atoms with van der Waals surface area (Å²) in [4.78, 5) is 0. The van der Waals surface area contributed by atoms with Gasteiger partial charge >= 0.3 is 0 Å². The molecule has 1 unspecified atom stereocenters. The summed E-state index contributed by atoms with van der Waals surface area (Å²) in [5, 5.41) is 1.99. The fourth-order valence-corrected chi connectivity index (χ4v) is 0.953. The second kappa shape index (κ2) is 2.60. The molecule has 1 aliphatic rings. The van der Waals surface area contributed by atoms with E-state index >= 15 is 0 Å². The summed E-state index contributed by atoms with van der Waals surface area (Å²) < 4.78 is 0. The summed E-state index contributed by atoms with van der Waals surface area (Å²) in [6.07, 6.45) is 4.96. The van der Waals surface area contributed by atoms with E-state index in [9.17, 15) is 0 Å². The maximum absolute atomic E-state index is 5.65. The van der Waals surface area contributed by atoms with Crippen LogP contribution in [0.1, 0.15) is 0 Å². The Kier molecular flexibility index (Phi) is 2.01. The first-order chi connectivity index (χ1) is 4.20. The Hall–Kier alpha value is -0.180. The summed E-state index contributed by atoms with van der Waals surface area (Å²) in [6, 6.07) is 0. The molecular formula is C5H6Cl2N2. The maximum atomic E-state index is 5.65. The molecule has 2 nitrogen and oxygen atoms in total. The molecule has 1 atom stereocenters. The van der Waals surface area contributed by atoms with Crippen molar-refractivity contribution in [2.45, 2.75) is 5.50 Å². The third-order valence-corrected chi connectivity index (χ3v) is 1.59. The number of nitrogens with two attached hydrogens (primary N) is 1. The minimum absolute atomic E-state index is 0.317. The number of hydrazine groups is 1. The van der Waals surface area contributed by atoms with Crippen LogP contribution in [0.4, 0.5) is 0 Å². The van der Waals surface area contributed by atoms with Crippen LogP contribution in [0.15, 0.2) is 23.4 Å². The lowest BCUT2D eigenvalue weighted by molar-refractivity contribution is 0.400. The summed E-state index contributed by atoms with van der Waals surface area (Å²) >= 11 is 11.2. The molecule has 0 saturated carbocycles. The molecule has 0 spiro atoms. The number of halogens is 2. The lowest BCUT2D eigenvalue weighted by atomic mass is 10.4. The van der Waals surface area contributed by atoms with Crippen molar-refractivity contribution in [3.05, 3.63) is 23.4 Å². The Morgan fingerprint density at radius 2 is 2.33 bits per heavy atom. The number of rotatable bonds is 0. The molecule has 0 fully saturated rings. The predicted molar refractivity (Wildman–Crippen MR) is 38.7 cm³/mol. The summed E-state index contributed by atoms with van der Waals surface area (Å²) in [5.41, 5.74) is -0.317. The van der Waals surface area contributed by atoms with Crippen LogP contribution >= 0.6 is 23.2 Å². The van der Waals surface area contributed by atoms with Gasteiger partial charge in [-0.2, -0.15) is 0 Å². The Bertz CT molecular complexity index is 164. The van der Waals surface area contributed by atoms with Crippen molar-refractivity contribution in [3.63, 3.8) is 0 Å². The van der Waals surface area contributed by atoms with E-state index in [1.807, 2.05) is 0 Å². The maximum Gasteiger partial charge on any atom is 0.138 e. The van der Waals surface area contributed by atoms with Gasteiger partial charge < -0.3 is 0 Å². The van der Waals surface area contributed by atoms with Crippen molar-refractivity contribution in [1.82, 2.24) is 5.01 Å². The van der Waals surface area contributed by atoms with Gasteiger partial charge in [0.15, 0.2) is 0 Å². The van der Waals surface area contributed by atoms with E-state index in [-0.39, 0.29) is 5.50 Å².